The summed E-state index contributed by atoms with van der Waals surface area (Å²) < 4.78 is 10.0. The minimum absolute atomic E-state index is 0.0844. The summed E-state index contributed by atoms with van der Waals surface area (Å²) in [5, 5.41) is 11.2. The average Bonchev–Trinajstić information content (AvgIpc) is 3.59. The Labute approximate surface area is 387 Å². The Balaban J connectivity index is -0.000000965. The standard InChI is InChI=1S/C23H39NO5.C22H43NO2.C4H9NO2.CO2/c1-2-3-4-5-6-7-8-9-10-11-12-13-14-15-16-17-20-28-23(27)29-24-21(25)18-19-22(24)26;1-3-5-6-7-8-9-10-11-12-13-14-15-16-17-18-19-21-25-22(24)23-20-4-2;5-3-1-2-4(6)7;2-1-3/h9-10H,2-8,11-20H2,1H3;11-12H,3-10,13-21H2,1-2H3,(H,23,24);1-3,5H2,(H,6,7);/b10-9-;12-11-;;. The van der Waals surface area contributed by atoms with Gasteiger partial charge in [-0.3, -0.25) is 19.2 Å². The summed E-state index contributed by atoms with van der Waals surface area (Å²) in [6.45, 7) is 8.52. The number of allylic oxidation sites excluding steroid dienone is 4. The highest BCUT2D eigenvalue weighted by molar-refractivity contribution is 6.01. The molecule has 0 spiro atoms. The van der Waals surface area contributed by atoms with Crippen molar-refractivity contribution in [2.45, 2.75) is 233 Å². The van der Waals surface area contributed by atoms with Crippen LogP contribution in [-0.4, -0.2) is 72.7 Å². The number of alkyl carbamates (subject to hydrolysis) is 1. The SMILES string of the molecule is CCCCCCCC/C=C\CCCCCCCCOC(=O)NCCC.CCCCCCCC/C=C\CCCCCCCCOC(=O)ON1C(=O)CCC1=O.NCCCC(=O)O.O=C=O. The molecule has 0 radical (unpaired) electrons. The molecule has 4 N–H and O–H groups in total. The smallest absolute Gasteiger partial charge is 0.481 e. The van der Waals surface area contributed by atoms with Crippen molar-refractivity contribution in [2.24, 2.45) is 5.73 Å². The van der Waals surface area contributed by atoms with Crippen LogP contribution in [-0.2, 0) is 38.3 Å². The molecule has 14 heteroatoms. The summed E-state index contributed by atoms with van der Waals surface area (Å²) in [5.41, 5.74) is 5.01. The van der Waals surface area contributed by atoms with E-state index in [1.807, 2.05) is 6.92 Å². The lowest BCUT2D eigenvalue weighted by molar-refractivity contribution is -0.191. The molecular weight excluding hydrogens is 819 g/mol. The number of imide groups is 1. The van der Waals surface area contributed by atoms with Crippen molar-refractivity contribution in [3.8, 4) is 0 Å². The van der Waals surface area contributed by atoms with Gasteiger partial charge in [0, 0.05) is 25.8 Å². The number of aliphatic carboxylic acids is 1. The first-order valence-electron chi connectivity index (χ1n) is 25.0. The maximum absolute atomic E-state index is 11.5. The Hall–Kier alpha value is -4.03. The average molecular weight is 910 g/mol. The number of nitrogens with two attached hydrogens (primary N) is 1. The maximum atomic E-state index is 11.5. The van der Waals surface area contributed by atoms with Crippen molar-refractivity contribution in [3.63, 3.8) is 0 Å². The molecule has 372 valence electrons. The van der Waals surface area contributed by atoms with Crippen LogP contribution in [0.4, 0.5) is 9.59 Å². The van der Waals surface area contributed by atoms with Crippen LogP contribution < -0.4 is 11.1 Å². The lowest BCUT2D eigenvalue weighted by atomic mass is 10.1. The van der Waals surface area contributed by atoms with Gasteiger partial charge < -0.3 is 25.6 Å². The van der Waals surface area contributed by atoms with E-state index in [0.29, 0.717) is 31.2 Å². The molecule has 0 aromatic carbocycles. The number of hydrogen-bond acceptors (Lipinski definition) is 11. The summed E-state index contributed by atoms with van der Waals surface area (Å²) >= 11 is 0. The summed E-state index contributed by atoms with van der Waals surface area (Å²) in [6.07, 6.45) is 45.4. The number of unbranched alkanes of at least 4 members (excludes halogenated alkanes) is 24. The second-order valence-corrected chi connectivity index (χ2v) is 16.1. The third kappa shape index (κ3) is 54.1. The van der Waals surface area contributed by atoms with Gasteiger partial charge in [0.05, 0.1) is 13.2 Å². The highest BCUT2D eigenvalue weighted by atomic mass is 16.8. The molecule has 0 atom stereocenters. The second kappa shape index (κ2) is 55.1. The van der Waals surface area contributed by atoms with Crippen molar-refractivity contribution < 1.29 is 53.0 Å². The predicted octanol–water partition coefficient (Wildman–Crippen LogP) is 12.6. The van der Waals surface area contributed by atoms with E-state index in [1.165, 1.54) is 148 Å². The Kier molecular flexibility index (Phi) is 55.3. The zero-order valence-corrected chi connectivity index (χ0v) is 40.5. The van der Waals surface area contributed by atoms with Crippen LogP contribution in [0.25, 0.3) is 0 Å². The van der Waals surface area contributed by atoms with Crippen molar-refractivity contribution in [2.75, 3.05) is 26.3 Å². The molecule has 0 saturated carbocycles. The van der Waals surface area contributed by atoms with Crippen molar-refractivity contribution >= 4 is 36.2 Å². The zero-order chi connectivity index (χ0) is 48.0. The van der Waals surface area contributed by atoms with Gasteiger partial charge in [0.1, 0.15) is 0 Å². The molecule has 14 nitrogen and oxygen atoms in total. The van der Waals surface area contributed by atoms with E-state index in [0.717, 1.165) is 38.5 Å². The number of carboxylic acids is 1. The van der Waals surface area contributed by atoms with Gasteiger partial charge in [0.25, 0.3) is 11.8 Å². The highest BCUT2D eigenvalue weighted by Gasteiger charge is 2.33. The number of rotatable bonds is 38. The Morgan fingerprint density at radius 1 is 0.578 bits per heavy atom. The summed E-state index contributed by atoms with van der Waals surface area (Å²) in [6, 6.07) is 0. The monoisotopic (exact) mass is 910 g/mol. The number of nitrogens with zero attached hydrogens (tertiary/aromatic N) is 1. The molecular formula is C50H91N3O11. The van der Waals surface area contributed by atoms with Gasteiger partial charge in [0.2, 0.25) is 0 Å². The first-order chi connectivity index (χ1) is 31.1. The predicted molar refractivity (Wildman–Crippen MR) is 253 cm³/mol. The number of carboxylic acid groups (broad SMARTS) is 1. The topological polar surface area (TPSA) is 209 Å². The van der Waals surface area contributed by atoms with Crippen LogP contribution in [0.3, 0.4) is 0 Å². The van der Waals surface area contributed by atoms with E-state index in [9.17, 15) is 24.0 Å². The van der Waals surface area contributed by atoms with Gasteiger partial charge >= 0.3 is 24.4 Å². The largest absolute Gasteiger partial charge is 0.533 e. The fourth-order valence-electron chi connectivity index (χ4n) is 6.31. The zero-order valence-electron chi connectivity index (χ0n) is 40.5. The van der Waals surface area contributed by atoms with Gasteiger partial charge in [-0.25, -0.2) is 9.59 Å². The third-order valence-electron chi connectivity index (χ3n) is 10.1. The lowest BCUT2D eigenvalue weighted by Gasteiger charge is -2.12. The minimum Gasteiger partial charge on any atom is -0.481 e. The van der Waals surface area contributed by atoms with Gasteiger partial charge in [-0.2, -0.15) is 9.59 Å². The van der Waals surface area contributed by atoms with Crippen molar-refractivity contribution in [1.82, 2.24) is 10.4 Å². The highest BCUT2D eigenvalue weighted by Crippen LogP contribution is 2.14. The van der Waals surface area contributed by atoms with Crippen LogP contribution in [0.2, 0.25) is 0 Å². The van der Waals surface area contributed by atoms with Gasteiger partial charge in [-0.1, -0.05) is 166 Å². The number of hydrogen-bond donors (Lipinski definition) is 3. The van der Waals surface area contributed by atoms with E-state index in [4.69, 9.17) is 29.9 Å². The maximum Gasteiger partial charge on any atom is 0.533 e. The van der Waals surface area contributed by atoms with E-state index in [1.54, 1.807) is 0 Å². The Bertz CT molecular complexity index is 1170. The molecule has 1 heterocycles. The van der Waals surface area contributed by atoms with Crippen LogP contribution in [0, 0.1) is 0 Å². The molecule has 1 saturated heterocycles. The quantitative estimate of drug-likeness (QED) is 0.0229. The number of amides is 3. The summed E-state index contributed by atoms with van der Waals surface area (Å²) in [5.74, 6) is -1.76. The molecule has 0 aromatic heterocycles. The Morgan fingerprint density at radius 3 is 1.28 bits per heavy atom. The first kappa shape index (κ1) is 64.3. The fourth-order valence-corrected chi connectivity index (χ4v) is 6.31. The number of ether oxygens (including phenoxy) is 2. The van der Waals surface area contributed by atoms with Crippen molar-refractivity contribution in [3.05, 3.63) is 24.3 Å². The second-order valence-electron chi connectivity index (χ2n) is 16.1. The molecule has 1 fully saturated rings. The number of carbonyl (C=O) groups is 5. The molecule has 1 aliphatic heterocycles. The molecule has 0 aromatic rings. The van der Waals surface area contributed by atoms with Gasteiger partial charge in [-0.15, -0.1) is 0 Å². The fraction of sp³-hybridized carbons (Fsp3) is 0.800. The van der Waals surface area contributed by atoms with Gasteiger partial charge in [-0.05, 0) is 83.6 Å². The normalized spacial score (nSPS) is 11.8. The molecule has 1 rings (SSSR count). The number of nitrogens with one attached hydrogen (secondary N) is 1. The Morgan fingerprint density at radius 2 is 0.938 bits per heavy atom. The van der Waals surface area contributed by atoms with Crippen LogP contribution in [0.5, 0.6) is 0 Å². The molecule has 0 unspecified atom stereocenters. The molecule has 64 heavy (non-hydrogen) atoms. The number of carbonyl (C=O) groups excluding carboxylic acids is 6. The van der Waals surface area contributed by atoms with E-state index >= 15 is 0 Å². The number of hydroxylamine groups is 2. The molecule has 0 aliphatic carbocycles. The summed E-state index contributed by atoms with van der Waals surface area (Å²) in [7, 11) is 0. The first-order valence-corrected chi connectivity index (χ1v) is 25.0. The third-order valence-corrected chi connectivity index (χ3v) is 10.1. The molecule has 1 aliphatic rings. The van der Waals surface area contributed by atoms with Crippen molar-refractivity contribution in [1.29, 1.82) is 0 Å². The van der Waals surface area contributed by atoms with E-state index in [2.05, 4.69) is 48.3 Å². The van der Waals surface area contributed by atoms with E-state index < -0.39 is 23.9 Å². The van der Waals surface area contributed by atoms with Crippen LogP contribution in [0.1, 0.15) is 233 Å². The molecule has 3 amide bonds. The lowest BCUT2D eigenvalue weighted by Crippen LogP contribution is -2.32. The van der Waals surface area contributed by atoms with Crippen LogP contribution >= 0.6 is 0 Å². The van der Waals surface area contributed by atoms with E-state index in [-0.39, 0.29) is 38.1 Å². The summed E-state index contributed by atoms with van der Waals surface area (Å²) in [4.78, 5) is 75.9. The molecule has 0 bridgehead atoms. The van der Waals surface area contributed by atoms with Crippen LogP contribution in [0.15, 0.2) is 24.3 Å². The van der Waals surface area contributed by atoms with Gasteiger partial charge in [0.15, 0.2) is 0 Å². The minimum atomic E-state index is -0.985.